The second-order valence-electron chi connectivity index (χ2n) is 5.76. The van der Waals surface area contributed by atoms with Gasteiger partial charge in [0.05, 0.1) is 24.9 Å². The number of oxazole rings is 1. The van der Waals surface area contributed by atoms with Gasteiger partial charge in [-0.3, -0.25) is 0 Å². The van der Waals surface area contributed by atoms with Gasteiger partial charge in [-0.05, 0) is 19.8 Å². The van der Waals surface area contributed by atoms with Crippen LogP contribution in [-0.4, -0.2) is 39.3 Å². The van der Waals surface area contributed by atoms with Crippen LogP contribution in [0.3, 0.4) is 0 Å². The molecule has 7 heteroatoms. The number of hydrogen-bond acceptors (Lipinski definition) is 7. The molecule has 124 valence electrons. The van der Waals surface area contributed by atoms with E-state index in [0.29, 0.717) is 6.54 Å². The molecule has 1 unspecified atom stereocenters. The van der Waals surface area contributed by atoms with Crippen LogP contribution >= 0.6 is 0 Å². The third-order valence-electron chi connectivity index (χ3n) is 4.20. The van der Waals surface area contributed by atoms with Crippen LogP contribution in [0, 0.1) is 6.92 Å². The molecule has 7 nitrogen and oxygen atoms in total. The SMILES string of the molecule is CCc1nc(C)c(CNc2cc(N3CCCC3CO)ncn2)o1. The monoisotopic (exact) mass is 317 g/mol. The van der Waals surface area contributed by atoms with Crippen molar-refractivity contribution >= 4 is 11.6 Å². The smallest absolute Gasteiger partial charge is 0.194 e. The van der Waals surface area contributed by atoms with Crippen molar-refractivity contribution in [2.24, 2.45) is 0 Å². The molecule has 1 atom stereocenters. The normalized spacial score (nSPS) is 17.7. The van der Waals surface area contributed by atoms with E-state index in [1.807, 2.05) is 19.9 Å². The highest BCUT2D eigenvalue weighted by atomic mass is 16.4. The van der Waals surface area contributed by atoms with E-state index in [1.54, 1.807) is 6.33 Å². The summed E-state index contributed by atoms with van der Waals surface area (Å²) in [6, 6.07) is 2.07. The zero-order chi connectivity index (χ0) is 16.2. The first-order chi connectivity index (χ1) is 11.2. The molecule has 0 spiro atoms. The third-order valence-corrected chi connectivity index (χ3v) is 4.20. The van der Waals surface area contributed by atoms with Gasteiger partial charge in [0.25, 0.3) is 0 Å². The Bertz CT molecular complexity index is 658. The fourth-order valence-corrected chi connectivity index (χ4v) is 2.90. The van der Waals surface area contributed by atoms with Crippen molar-refractivity contribution in [1.29, 1.82) is 0 Å². The van der Waals surface area contributed by atoms with E-state index in [0.717, 1.165) is 54.8 Å². The Morgan fingerprint density at radius 3 is 3.04 bits per heavy atom. The van der Waals surface area contributed by atoms with Crippen LogP contribution in [-0.2, 0) is 13.0 Å². The molecule has 0 aliphatic carbocycles. The van der Waals surface area contributed by atoms with E-state index in [-0.39, 0.29) is 12.6 Å². The number of hydrogen-bond donors (Lipinski definition) is 2. The summed E-state index contributed by atoms with van der Waals surface area (Å²) in [4.78, 5) is 15.1. The summed E-state index contributed by atoms with van der Waals surface area (Å²) in [5.74, 6) is 3.18. The van der Waals surface area contributed by atoms with Crippen molar-refractivity contribution in [1.82, 2.24) is 15.0 Å². The first-order valence-corrected chi connectivity index (χ1v) is 8.09. The van der Waals surface area contributed by atoms with E-state index in [1.165, 1.54) is 0 Å². The molecule has 1 saturated heterocycles. The average Bonchev–Trinajstić information content (AvgIpc) is 3.19. The lowest BCUT2D eigenvalue weighted by molar-refractivity contribution is 0.266. The highest BCUT2D eigenvalue weighted by molar-refractivity contribution is 5.50. The van der Waals surface area contributed by atoms with Crippen molar-refractivity contribution in [3.05, 3.63) is 29.7 Å². The summed E-state index contributed by atoms with van der Waals surface area (Å²) in [5, 5.41) is 12.7. The second-order valence-corrected chi connectivity index (χ2v) is 5.76. The molecule has 0 amide bonds. The van der Waals surface area contributed by atoms with Gasteiger partial charge in [0, 0.05) is 19.0 Å². The molecule has 0 bridgehead atoms. The van der Waals surface area contributed by atoms with E-state index < -0.39 is 0 Å². The van der Waals surface area contributed by atoms with Gasteiger partial charge in [-0.25, -0.2) is 15.0 Å². The molecule has 1 aliphatic heterocycles. The topological polar surface area (TPSA) is 87.3 Å². The lowest BCUT2D eigenvalue weighted by Crippen LogP contribution is -2.32. The number of anilines is 2. The second kappa shape index (κ2) is 6.95. The lowest BCUT2D eigenvalue weighted by Gasteiger charge is -2.24. The molecule has 23 heavy (non-hydrogen) atoms. The predicted octanol–water partition coefficient (Wildman–Crippen LogP) is 1.91. The summed E-state index contributed by atoms with van der Waals surface area (Å²) in [7, 11) is 0. The number of aryl methyl sites for hydroxylation is 2. The zero-order valence-corrected chi connectivity index (χ0v) is 13.6. The minimum atomic E-state index is 0.154. The zero-order valence-electron chi connectivity index (χ0n) is 13.6. The summed E-state index contributed by atoms with van der Waals surface area (Å²) < 4.78 is 5.69. The Kier molecular flexibility index (Phi) is 4.76. The number of aromatic nitrogens is 3. The molecule has 3 heterocycles. The predicted molar refractivity (Wildman–Crippen MR) is 87.4 cm³/mol. The van der Waals surface area contributed by atoms with Crippen LogP contribution in [0.5, 0.6) is 0 Å². The minimum absolute atomic E-state index is 0.154. The average molecular weight is 317 g/mol. The minimum Gasteiger partial charge on any atom is -0.444 e. The van der Waals surface area contributed by atoms with Crippen molar-refractivity contribution in [3.8, 4) is 0 Å². The van der Waals surface area contributed by atoms with Crippen molar-refractivity contribution in [2.75, 3.05) is 23.4 Å². The van der Waals surface area contributed by atoms with Gasteiger partial charge in [0.15, 0.2) is 5.89 Å². The summed E-state index contributed by atoms with van der Waals surface area (Å²) in [5.41, 5.74) is 0.906. The quantitative estimate of drug-likeness (QED) is 0.841. The van der Waals surface area contributed by atoms with Gasteiger partial charge >= 0.3 is 0 Å². The summed E-state index contributed by atoms with van der Waals surface area (Å²) in [6.07, 6.45) is 4.42. The molecular weight excluding hydrogens is 294 g/mol. The number of rotatable bonds is 6. The Balaban J connectivity index is 1.69. The fraction of sp³-hybridized carbons (Fsp3) is 0.562. The third kappa shape index (κ3) is 3.44. The van der Waals surface area contributed by atoms with Gasteiger partial charge in [-0.1, -0.05) is 6.92 Å². The molecule has 0 saturated carbocycles. The number of nitrogens with zero attached hydrogens (tertiary/aromatic N) is 4. The Morgan fingerprint density at radius 1 is 1.43 bits per heavy atom. The van der Waals surface area contributed by atoms with Crippen LogP contribution in [0.15, 0.2) is 16.8 Å². The number of aliphatic hydroxyl groups excluding tert-OH is 1. The Morgan fingerprint density at radius 2 is 2.30 bits per heavy atom. The molecule has 2 aromatic rings. The molecule has 1 fully saturated rings. The maximum atomic E-state index is 9.46. The lowest BCUT2D eigenvalue weighted by atomic mass is 10.2. The molecule has 0 aromatic carbocycles. The summed E-state index contributed by atoms with van der Waals surface area (Å²) in [6.45, 7) is 5.58. The fourth-order valence-electron chi connectivity index (χ4n) is 2.90. The molecule has 2 N–H and O–H groups in total. The van der Waals surface area contributed by atoms with Gasteiger partial charge < -0.3 is 19.7 Å². The first-order valence-electron chi connectivity index (χ1n) is 8.09. The van der Waals surface area contributed by atoms with E-state index in [4.69, 9.17) is 4.42 Å². The molecular formula is C16H23N5O2. The van der Waals surface area contributed by atoms with E-state index in [2.05, 4.69) is 25.2 Å². The van der Waals surface area contributed by atoms with Crippen molar-refractivity contribution in [3.63, 3.8) is 0 Å². The summed E-state index contributed by atoms with van der Waals surface area (Å²) >= 11 is 0. The molecule has 1 aliphatic rings. The van der Waals surface area contributed by atoms with Crippen LogP contribution in [0.1, 0.15) is 37.1 Å². The Hall–Kier alpha value is -2.15. The molecule has 0 radical (unpaired) electrons. The largest absolute Gasteiger partial charge is 0.444 e. The highest BCUT2D eigenvalue weighted by Crippen LogP contribution is 2.24. The molecule has 3 rings (SSSR count). The van der Waals surface area contributed by atoms with Gasteiger partial charge in [-0.2, -0.15) is 0 Å². The number of aliphatic hydroxyl groups is 1. The standard InChI is InChI=1S/C16H23N5O2/c1-3-16-20-11(2)13(23-16)8-17-14-7-15(19-10-18-14)21-6-4-5-12(21)9-22/h7,10,12,22H,3-6,8-9H2,1-2H3,(H,17,18,19). The van der Waals surface area contributed by atoms with Crippen LogP contribution < -0.4 is 10.2 Å². The van der Waals surface area contributed by atoms with Crippen molar-refractivity contribution < 1.29 is 9.52 Å². The van der Waals surface area contributed by atoms with Crippen molar-refractivity contribution in [2.45, 2.75) is 45.7 Å². The van der Waals surface area contributed by atoms with Crippen LogP contribution in [0.25, 0.3) is 0 Å². The van der Waals surface area contributed by atoms with Gasteiger partial charge in [0.1, 0.15) is 23.7 Å². The van der Waals surface area contributed by atoms with Crippen LogP contribution in [0.4, 0.5) is 11.6 Å². The van der Waals surface area contributed by atoms with E-state index >= 15 is 0 Å². The number of nitrogens with one attached hydrogen (secondary N) is 1. The van der Waals surface area contributed by atoms with Gasteiger partial charge in [-0.15, -0.1) is 0 Å². The highest BCUT2D eigenvalue weighted by Gasteiger charge is 2.25. The van der Waals surface area contributed by atoms with Crippen LogP contribution in [0.2, 0.25) is 0 Å². The maximum absolute atomic E-state index is 9.46. The van der Waals surface area contributed by atoms with E-state index in [9.17, 15) is 5.11 Å². The maximum Gasteiger partial charge on any atom is 0.194 e. The first kappa shape index (κ1) is 15.7. The Labute approximate surface area is 135 Å². The van der Waals surface area contributed by atoms with Gasteiger partial charge in [0.2, 0.25) is 0 Å². The molecule has 2 aromatic heterocycles.